The number of ether oxygens (including phenoxy) is 2. The highest BCUT2D eigenvalue weighted by Gasteiger charge is 2.42. The van der Waals surface area contributed by atoms with Gasteiger partial charge in [-0.05, 0) is 23.5 Å². The number of likely N-dealkylation sites (tertiary alicyclic amines) is 1. The molecule has 0 aliphatic carbocycles. The summed E-state index contributed by atoms with van der Waals surface area (Å²) < 4.78 is 10.9. The number of amides is 2. The van der Waals surface area contributed by atoms with E-state index in [-0.39, 0.29) is 36.5 Å². The van der Waals surface area contributed by atoms with E-state index in [1.165, 1.54) is 6.92 Å². The number of benzene rings is 2. The van der Waals surface area contributed by atoms with Crippen molar-refractivity contribution in [1.29, 1.82) is 0 Å². The number of nitrogens with zero attached hydrogens (tertiary/aromatic N) is 1. The van der Waals surface area contributed by atoms with Gasteiger partial charge in [-0.3, -0.25) is 9.59 Å². The van der Waals surface area contributed by atoms with Crippen molar-refractivity contribution in [2.45, 2.75) is 58.4 Å². The predicted octanol–water partition coefficient (Wildman–Crippen LogP) is 3.71. The highest BCUT2D eigenvalue weighted by atomic mass is 16.6. The van der Waals surface area contributed by atoms with Gasteiger partial charge in [-0.2, -0.15) is 0 Å². The highest BCUT2D eigenvalue weighted by molar-refractivity contribution is 5.86. The first kappa shape index (κ1) is 24.3. The molecule has 1 heterocycles. The maximum atomic E-state index is 13.5. The molecule has 176 valence electrons. The van der Waals surface area contributed by atoms with E-state index >= 15 is 0 Å². The summed E-state index contributed by atoms with van der Waals surface area (Å²) in [6.07, 6.45) is 0.102. The molecular formula is C26H32N2O5. The monoisotopic (exact) mass is 452 g/mol. The van der Waals surface area contributed by atoms with Gasteiger partial charge in [0.2, 0.25) is 5.91 Å². The lowest BCUT2D eigenvalue weighted by molar-refractivity contribution is -0.149. The number of nitrogens with one attached hydrogen (secondary N) is 1. The summed E-state index contributed by atoms with van der Waals surface area (Å²) in [6, 6.07) is 18.1. The Bertz CT molecular complexity index is 932. The molecule has 2 aromatic carbocycles. The zero-order valence-electron chi connectivity index (χ0n) is 19.4. The average Bonchev–Trinajstić information content (AvgIpc) is 3.18. The van der Waals surface area contributed by atoms with Crippen LogP contribution in [-0.4, -0.2) is 47.6 Å². The Kier molecular flexibility index (Phi) is 8.46. The second kappa shape index (κ2) is 11.5. The van der Waals surface area contributed by atoms with Crippen LogP contribution in [0.25, 0.3) is 0 Å². The van der Waals surface area contributed by atoms with Gasteiger partial charge in [0.05, 0.1) is 6.04 Å². The first-order chi connectivity index (χ1) is 15.8. The van der Waals surface area contributed by atoms with Crippen molar-refractivity contribution in [3.05, 3.63) is 71.8 Å². The van der Waals surface area contributed by atoms with E-state index < -0.39 is 12.1 Å². The molecule has 7 heteroatoms. The van der Waals surface area contributed by atoms with E-state index in [2.05, 4.69) is 5.32 Å². The van der Waals surface area contributed by atoms with Gasteiger partial charge < -0.3 is 19.7 Å². The van der Waals surface area contributed by atoms with Gasteiger partial charge in [0, 0.05) is 19.9 Å². The molecule has 0 radical (unpaired) electrons. The van der Waals surface area contributed by atoms with Crippen LogP contribution in [-0.2, 0) is 32.1 Å². The van der Waals surface area contributed by atoms with Gasteiger partial charge in [0.25, 0.3) is 0 Å². The molecule has 0 bridgehead atoms. The van der Waals surface area contributed by atoms with Crippen molar-refractivity contribution in [3.63, 3.8) is 0 Å². The molecule has 0 spiro atoms. The quantitative estimate of drug-likeness (QED) is 0.617. The molecule has 7 nitrogen and oxygen atoms in total. The molecule has 2 aromatic rings. The Labute approximate surface area is 195 Å². The predicted molar refractivity (Wildman–Crippen MR) is 124 cm³/mol. The zero-order chi connectivity index (χ0) is 23.8. The van der Waals surface area contributed by atoms with E-state index in [9.17, 15) is 14.4 Å². The van der Waals surface area contributed by atoms with Gasteiger partial charge in [-0.1, -0.05) is 74.5 Å². The summed E-state index contributed by atoms with van der Waals surface area (Å²) in [4.78, 5) is 39.4. The van der Waals surface area contributed by atoms with Crippen molar-refractivity contribution >= 4 is 18.0 Å². The fourth-order valence-corrected chi connectivity index (χ4v) is 4.13. The summed E-state index contributed by atoms with van der Waals surface area (Å²) in [5, 5.41) is 2.74. The molecule has 33 heavy (non-hydrogen) atoms. The summed E-state index contributed by atoms with van der Waals surface area (Å²) in [5.74, 6) is -0.709. The molecule has 1 N–H and O–H groups in total. The minimum atomic E-state index is -0.748. The van der Waals surface area contributed by atoms with Crippen LogP contribution < -0.4 is 5.32 Å². The number of esters is 1. The largest absolute Gasteiger partial charge is 0.460 e. The van der Waals surface area contributed by atoms with Crippen molar-refractivity contribution in [3.8, 4) is 0 Å². The molecule has 1 aliphatic rings. The first-order valence-electron chi connectivity index (χ1n) is 11.3. The minimum absolute atomic E-state index is 0.126. The summed E-state index contributed by atoms with van der Waals surface area (Å²) in [7, 11) is 0. The van der Waals surface area contributed by atoms with E-state index in [1.807, 2.05) is 74.5 Å². The van der Waals surface area contributed by atoms with Gasteiger partial charge >= 0.3 is 12.1 Å². The average molecular weight is 453 g/mol. The van der Waals surface area contributed by atoms with E-state index in [0.717, 1.165) is 11.1 Å². The Morgan fingerprint density at radius 3 is 2.18 bits per heavy atom. The maximum Gasteiger partial charge on any atom is 0.408 e. The van der Waals surface area contributed by atoms with Gasteiger partial charge in [0.1, 0.15) is 18.8 Å². The third-order valence-corrected chi connectivity index (χ3v) is 5.79. The number of carbonyl (C=O) groups is 3. The Balaban J connectivity index is 1.70. The van der Waals surface area contributed by atoms with Crippen LogP contribution in [0.4, 0.5) is 4.79 Å². The molecular weight excluding hydrogens is 420 g/mol. The third-order valence-electron chi connectivity index (χ3n) is 5.79. The Hall–Kier alpha value is -3.35. The van der Waals surface area contributed by atoms with Crippen molar-refractivity contribution in [2.75, 3.05) is 6.54 Å². The van der Waals surface area contributed by atoms with Crippen molar-refractivity contribution < 1.29 is 23.9 Å². The summed E-state index contributed by atoms with van der Waals surface area (Å²) >= 11 is 0. The molecule has 3 rings (SSSR count). The summed E-state index contributed by atoms with van der Waals surface area (Å²) in [6.45, 7) is 5.72. The zero-order valence-corrected chi connectivity index (χ0v) is 19.4. The lowest BCUT2D eigenvalue weighted by atomic mass is 9.99. The second-order valence-electron chi connectivity index (χ2n) is 8.65. The number of hydrogen-bond donors (Lipinski definition) is 1. The Morgan fingerprint density at radius 1 is 1.00 bits per heavy atom. The van der Waals surface area contributed by atoms with Gasteiger partial charge in [0.15, 0.2) is 0 Å². The minimum Gasteiger partial charge on any atom is -0.460 e. The van der Waals surface area contributed by atoms with Gasteiger partial charge in [-0.15, -0.1) is 0 Å². The maximum absolute atomic E-state index is 13.5. The number of rotatable bonds is 8. The fraction of sp³-hybridized carbons (Fsp3) is 0.423. The van der Waals surface area contributed by atoms with Crippen LogP contribution in [0.15, 0.2) is 60.7 Å². The fourth-order valence-electron chi connectivity index (χ4n) is 4.13. The van der Waals surface area contributed by atoms with Crippen LogP contribution in [0.5, 0.6) is 0 Å². The van der Waals surface area contributed by atoms with Crippen LogP contribution >= 0.6 is 0 Å². The molecule has 1 unspecified atom stereocenters. The van der Waals surface area contributed by atoms with Crippen LogP contribution in [0, 0.1) is 5.92 Å². The van der Waals surface area contributed by atoms with E-state index in [4.69, 9.17) is 9.47 Å². The van der Waals surface area contributed by atoms with Crippen molar-refractivity contribution in [1.82, 2.24) is 10.2 Å². The Morgan fingerprint density at radius 2 is 1.61 bits per heavy atom. The molecule has 2 amide bonds. The van der Waals surface area contributed by atoms with E-state index in [0.29, 0.717) is 19.4 Å². The summed E-state index contributed by atoms with van der Waals surface area (Å²) in [5.41, 5.74) is 1.92. The molecule has 1 fully saturated rings. The molecule has 3 atom stereocenters. The standard InChI is InChI=1S/C26H32N2O5/c1-18(2)24(27-26(31)32-17-21-12-8-5-9-13-21)25(30)28-15-14-23(33-19(3)29)22(28)16-20-10-6-4-7-11-20/h4-13,18,22-24H,14-17H2,1-3H3,(H,27,31)/t22-,23-,24?/m0/s1. The number of alkyl carbamates (subject to hydrolysis) is 1. The molecule has 0 aromatic heterocycles. The highest BCUT2D eigenvalue weighted by Crippen LogP contribution is 2.26. The molecule has 1 aliphatic heterocycles. The van der Waals surface area contributed by atoms with Crippen molar-refractivity contribution in [2.24, 2.45) is 5.92 Å². The molecule has 1 saturated heterocycles. The SMILES string of the molecule is CC(=O)O[C@H]1CCN(C(=O)C(NC(=O)OCc2ccccc2)C(C)C)[C@H]1Cc1ccccc1. The first-order valence-corrected chi connectivity index (χ1v) is 11.3. The normalized spacial score (nSPS) is 18.6. The van der Waals surface area contributed by atoms with E-state index in [1.54, 1.807) is 4.90 Å². The van der Waals surface area contributed by atoms with Gasteiger partial charge in [-0.25, -0.2) is 4.79 Å². The smallest absolute Gasteiger partial charge is 0.408 e. The lowest BCUT2D eigenvalue weighted by Gasteiger charge is -2.32. The van der Waals surface area contributed by atoms with Crippen LogP contribution in [0.2, 0.25) is 0 Å². The second-order valence-corrected chi connectivity index (χ2v) is 8.65. The third kappa shape index (κ3) is 6.81. The molecule has 0 saturated carbocycles. The van der Waals surface area contributed by atoms with Crippen LogP contribution in [0.1, 0.15) is 38.3 Å². The number of carbonyl (C=O) groups excluding carboxylic acids is 3. The number of hydrogen-bond acceptors (Lipinski definition) is 5. The topological polar surface area (TPSA) is 84.9 Å². The lowest BCUT2D eigenvalue weighted by Crippen LogP contribution is -2.54. The van der Waals surface area contributed by atoms with Crippen LogP contribution in [0.3, 0.4) is 0 Å².